The first kappa shape index (κ1) is 16.2. The Bertz CT molecular complexity index is 955. The standard InChI is InChI=1S/C16H16N2O2S3/c1-10-5-4-6-13(7-10)18-23(19,20)15-8-14(22-12(15)3)16-17-11(2)9-21-16/h4-9,18H,1-3H3. The molecule has 0 saturated carbocycles. The van der Waals surface area contributed by atoms with Gasteiger partial charge in [0.2, 0.25) is 0 Å². The van der Waals surface area contributed by atoms with Crippen molar-refractivity contribution in [1.29, 1.82) is 0 Å². The predicted octanol–water partition coefficient (Wildman–Crippen LogP) is 4.60. The van der Waals surface area contributed by atoms with Crippen LogP contribution in [0.1, 0.15) is 16.1 Å². The summed E-state index contributed by atoms with van der Waals surface area (Å²) in [4.78, 5) is 6.38. The third kappa shape index (κ3) is 3.46. The third-order valence-electron chi connectivity index (χ3n) is 3.26. The molecule has 0 bridgehead atoms. The van der Waals surface area contributed by atoms with Crippen LogP contribution in [0.4, 0.5) is 5.69 Å². The normalized spacial score (nSPS) is 11.6. The van der Waals surface area contributed by atoms with E-state index in [0.717, 1.165) is 26.0 Å². The van der Waals surface area contributed by atoms with Gasteiger partial charge in [0.15, 0.2) is 0 Å². The van der Waals surface area contributed by atoms with Crippen LogP contribution in [-0.4, -0.2) is 13.4 Å². The first-order valence-corrected chi connectivity index (χ1v) is 10.2. The molecule has 0 spiro atoms. The van der Waals surface area contributed by atoms with Crippen LogP contribution in [0.2, 0.25) is 0 Å². The monoisotopic (exact) mass is 364 g/mol. The number of nitrogens with one attached hydrogen (secondary N) is 1. The van der Waals surface area contributed by atoms with Gasteiger partial charge >= 0.3 is 0 Å². The lowest BCUT2D eigenvalue weighted by Gasteiger charge is -2.08. The minimum absolute atomic E-state index is 0.312. The summed E-state index contributed by atoms with van der Waals surface area (Å²) in [5.74, 6) is 0. The highest BCUT2D eigenvalue weighted by Gasteiger charge is 2.21. The number of aryl methyl sites for hydroxylation is 3. The molecule has 0 aliphatic rings. The molecular formula is C16H16N2O2S3. The lowest BCUT2D eigenvalue weighted by molar-refractivity contribution is 0.601. The van der Waals surface area contributed by atoms with E-state index in [0.29, 0.717) is 10.6 Å². The number of thiophene rings is 1. The molecule has 0 saturated heterocycles. The van der Waals surface area contributed by atoms with Gasteiger partial charge in [0.1, 0.15) is 9.90 Å². The second-order valence-corrected chi connectivity index (χ2v) is 9.07. The quantitative estimate of drug-likeness (QED) is 0.736. The Morgan fingerprint density at radius 3 is 2.57 bits per heavy atom. The average molecular weight is 365 g/mol. The smallest absolute Gasteiger partial charge is 0.263 e. The summed E-state index contributed by atoms with van der Waals surface area (Å²) in [6.45, 7) is 5.67. The van der Waals surface area contributed by atoms with E-state index in [1.165, 1.54) is 22.7 Å². The van der Waals surface area contributed by atoms with Crippen molar-refractivity contribution >= 4 is 38.4 Å². The van der Waals surface area contributed by atoms with Crippen LogP contribution < -0.4 is 4.72 Å². The van der Waals surface area contributed by atoms with Crippen LogP contribution >= 0.6 is 22.7 Å². The molecule has 0 fully saturated rings. The molecule has 23 heavy (non-hydrogen) atoms. The summed E-state index contributed by atoms with van der Waals surface area (Å²) in [7, 11) is -3.60. The number of hydrogen-bond donors (Lipinski definition) is 1. The van der Waals surface area contributed by atoms with E-state index in [1.54, 1.807) is 12.1 Å². The van der Waals surface area contributed by atoms with Gasteiger partial charge in [-0.1, -0.05) is 12.1 Å². The SMILES string of the molecule is Cc1cccc(NS(=O)(=O)c2cc(-c3nc(C)cs3)sc2C)c1. The molecule has 0 atom stereocenters. The van der Waals surface area contributed by atoms with Crippen LogP contribution in [0, 0.1) is 20.8 Å². The van der Waals surface area contributed by atoms with E-state index in [1.807, 2.05) is 44.4 Å². The fraction of sp³-hybridized carbons (Fsp3) is 0.188. The molecule has 0 aliphatic heterocycles. The van der Waals surface area contributed by atoms with Gasteiger partial charge < -0.3 is 0 Å². The Morgan fingerprint density at radius 2 is 1.91 bits per heavy atom. The molecule has 0 amide bonds. The molecule has 0 unspecified atom stereocenters. The predicted molar refractivity (Wildman–Crippen MR) is 96.9 cm³/mol. The fourth-order valence-corrected chi connectivity index (χ4v) is 5.73. The molecule has 4 nitrogen and oxygen atoms in total. The van der Waals surface area contributed by atoms with Gasteiger partial charge in [-0.05, 0) is 44.5 Å². The number of hydrogen-bond acceptors (Lipinski definition) is 5. The number of benzene rings is 1. The van der Waals surface area contributed by atoms with E-state index < -0.39 is 10.0 Å². The minimum Gasteiger partial charge on any atom is -0.280 e. The Labute approximate surface area is 143 Å². The van der Waals surface area contributed by atoms with Crippen LogP contribution in [0.25, 0.3) is 9.88 Å². The summed E-state index contributed by atoms with van der Waals surface area (Å²) < 4.78 is 28.0. The summed E-state index contributed by atoms with van der Waals surface area (Å²) in [6.07, 6.45) is 0. The first-order chi connectivity index (χ1) is 10.8. The van der Waals surface area contributed by atoms with E-state index in [2.05, 4.69) is 9.71 Å². The zero-order valence-electron chi connectivity index (χ0n) is 13.0. The molecular weight excluding hydrogens is 348 g/mol. The zero-order chi connectivity index (χ0) is 16.6. The van der Waals surface area contributed by atoms with Gasteiger partial charge in [-0.2, -0.15) is 0 Å². The Hall–Kier alpha value is -1.70. The van der Waals surface area contributed by atoms with Crippen molar-refractivity contribution in [3.63, 3.8) is 0 Å². The van der Waals surface area contributed by atoms with Crippen LogP contribution in [0.15, 0.2) is 40.6 Å². The largest absolute Gasteiger partial charge is 0.280 e. The molecule has 3 aromatic rings. The maximum absolute atomic E-state index is 12.7. The number of aromatic nitrogens is 1. The average Bonchev–Trinajstić information content (AvgIpc) is 3.04. The second-order valence-electron chi connectivity index (χ2n) is 5.30. The highest BCUT2D eigenvalue weighted by molar-refractivity contribution is 7.93. The maximum Gasteiger partial charge on any atom is 0.263 e. The summed E-state index contributed by atoms with van der Waals surface area (Å²) in [5, 5.41) is 2.82. The Morgan fingerprint density at radius 1 is 1.13 bits per heavy atom. The van der Waals surface area contributed by atoms with Crippen LogP contribution in [-0.2, 0) is 10.0 Å². The van der Waals surface area contributed by atoms with Crippen molar-refractivity contribution < 1.29 is 8.42 Å². The Balaban J connectivity index is 1.95. The van der Waals surface area contributed by atoms with E-state index >= 15 is 0 Å². The molecule has 2 heterocycles. The van der Waals surface area contributed by atoms with Gasteiger partial charge in [-0.3, -0.25) is 4.72 Å². The van der Waals surface area contributed by atoms with Gasteiger partial charge in [0.05, 0.1) is 4.88 Å². The highest BCUT2D eigenvalue weighted by Crippen LogP contribution is 2.35. The van der Waals surface area contributed by atoms with Gasteiger partial charge in [-0.15, -0.1) is 22.7 Å². The highest BCUT2D eigenvalue weighted by atomic mass is 32.2. The number of nitrogens with zero attached hydrogens (tertiary/aromatic N) is 1. The zero-order valence-corrected chi connectivity index (χ0v) is 15.4. The van der Waals surface area contributed by atoms with E-state index in [4.69, 9.17) is 0 Å². The summed E-state index contributed by atoms with van der Waals surface area (Å²) >= 11 is 2.98. The third-order valence-corrected chi connectivity index (χ3v) is 7.08. The molecule has 1 N–H and O–H groups in total. The number of thiazole rings is 1. The number of sulfonamides is 1. The van der Waals surface area contributed by atoms with E-state index in [-0.39, 0.29) is 0 Å². The van der Waals surface area contributed by atoms with Crippen molar-refractivity contribution in [2.24, 2.45) is 0 Å². The summed E-state index contributed by atoms with van der Waals surface area (Å²) in [5.41, 5.74) is 2.52. The van der Waals surface area contributed by atoms with Crippen LogP contribution in [0.5, 0.6) is 0 Å². The molecule has 7 heteroatoms. The van der Waals surface area contributed by atoms with Gasteiger partial charge in [0.25, 0.3) is 10.0 Å². The molecule has 3 rings (SSSR count). The van der Waals surface area contributed by atoms with Crippen molar-refractivity contribution in [2.45, 2.75) is 25.7 Å². The molecule has 0 aliphatic carbocycles. The molecule has 1 aromatic carbocycles. The van der Waals surface area contributed by atoms with Crippen molar-refractivity contribution in [2.75, 3.05) is 4.72 Å². The van der Waals surface area contributed by atoms with Crippen molar-refractivity contribution in [1.82, 2.24) is 4.98 Å². The van der Waals surface area contributed by atoms with E-state index in [9.17, 15) is 8.42 Å². The number of anilines is 1. The maximum atomic E-state index is 12.7. The lowest BCUT2D eigenvalue weighted by Crippen LogP contribution is -2.13. The van der Waals surface area contributed by atoms with Crippen molar-refractivity contribution in [3.05, 3.63) is 51.8 Å². The molecule has 2 aromatic heterocycles. The topological polar surface area (TPSA) is 59.1 Å². The van der Waals surface area contributed by atoms with Gasteiger partial charge in [-0.25, -0.2) is 13.4 Å². The fourth-order valence-electron chi connectivity index (χ4n) is 2.22. The molecule has 120 valence electrons. The summed E-state index contributed by atoms with van der Waals surface area (Å²) in [6, 6.07) is 9.02. The van der Waals surface area contributed by atoms with Crippen LogP contribution in [0.3, 0.4) is 0 Å². The number of rotatable bonds is 4. The van der Waals surface area contributed by atoms with Crippen molar-refractivity contribution in [3.8, 4) is 9.88 Å². The lowest BCUT2D eigenvalue weighted by atomic mass is 10.2. The first-order valence-electron chi connectivity index (χ1n) is 6.97. The van der Waals surface area contributed by atoms with Gasteiger partial charge in [0, 0.05) is 21.6 Å². The second kappa shape index (κ2) is 6.07. The Kier molecular flexibility index (Phi) is 4.27. The molecule has 0 radical (unpaired) electrons. The minimum atomic E-state index is -3.60.